The van der Waals surface area contributed by atoms with E-state index in [9.17, 15) is 4.79 Å². The van der Waals surface area contributed by atoms with E-state index in [1.54, 1.807) is 0 Å². The first kappa shape index (κ1) is 15.2. The molecule has 4 nitrogen and oxygen atoms in total. The maximum Gasteiger partial charge on any atom is 0.263 e. The average molecular weight is 315 g/mol. The summed E-state index contributed by atoms with van der Waals surface area (Å²) in [6, 6.07) is 10.6. The molecule has 1 aromatic heterocycles. The third-order valence-electron chi connectivity index (χ3n) is 3.95. The van der Waals surface area contributed by atoms with E-state index in [0.29, 0.717) is 6.04 Å². The molecular weight excluding hydrogens is 294 g/mol. The van der Waals surface area contributed by atoms with Crippen LogP contribution in [0.3, 0.4) is 0 Å². The standard InChI is InChI=1S/C17H21N3OS/c1-11-10-14(8-9-18-11)20-17(21)16-15(19-12(2)22-16)13-6-4-3-5-7-13/h3-7,11,14,18H,8-10H2,1-2H3,(H,20,21). The van der Waals surface area contributed by atoms with Gasteiger partial charge in [0, 0.05) is 17.6 Å². The van der Waals surface area contributed by atoms with Crippen molar-refractivity contribution in [2.75, 3.05) is 6.54 Å². The summed E-state index contributed by atoms with van der Waals surface area (Å²) in [7, 11) is 0. The Bertz CT molecular complexity index is 653. The fourth-order valence-corrected chi connectivity index (χ4v) is 3.73. The van der Waals surface area contributed by atoms with E-state index in [-0.39, 0.29) is 11.9 Å². The Kier molecular flexibility index (Phi) is 4.55. The predicted octanol–water partition coefficient (Wildman–Crippen LogP) is 2.99. The lowest BCUT2D eigenvalue weighted by molar-refractivity contribution is 0.0930. The van der Waals surface area contributed by atoms with Crippen molar-refractivity contribution in [2.24, 2.45) is 0 Å². The number of hydrogen-bond acceptors (Lipinski definition) is 4. The zero-order chi connectivity index (χ0) is 15.5. The van der Waals surface area contributed by atoms with Crippen LogP contribution in [0.15, 0.2) is 30.3 Å². The molecule has 2 aromatic rings. The normalized spacial score (nSPS) is 21.5. The van der Waals surface area contributed by atoms with E-state index in [1.165, 1.54) is 11.3 Å². The number of benzene rings is 1. The molecule has 2 heterocycles. The van der Waals surface area contributed by atoms with Gasteiger partial charge in [-0.2, -0.15) is 0 Å². The van der Waals surface area contributed by atoms with E-state index < -0.39 is 0 Å². The number of aryl methyl sites for hydroxylation is 1. The van der Waals surface area contributed by atoms with Gasteiger partial charge in [0.05, 0.1) is 10.7 Å². The molecule has 2 N–H and O–H groups in total. The van der Waals surface area contributed by atoms with Gasteiger partial charge in [0.25, 0.3) is 5.91 Å². The minimum atomic E-state index is 0.00329. The molecule has 0 spiro atoms. The van der Waals surface area contributed by atoms with Crippen LogP contribution in [0.4, 0.5) is 0 Å². The summed E-state index contributed by atoms with van der Waals surface area (Å²) in [5, 5.41) is 7.50. The number of rotatable bonds is 3. The third-order valence-corrected chi connectivity index (χ3v) is 4.92. The van der Waals surface area contributed by atoms with E-state index in [2.05, 4.69) is 22.5 Å². The lowest BCUT2D eigenvalue weighted by Crippen LogP contribution is -2.46. The fourth-order valence-electron chi connectivity index (χ4n) is 2.89. The molecule has 1 fully saturated rings. The molecule has 3 rings (SSSR count). The number of carbonyl (C=O) groups is 1. The Labute approximate surface area is 135 Å². The average Bonchev–Trinajstić information content (AvgIpc) is 2.90. The van der Waals surface area contributed by atoms with Crippen LogP contribution in [0.5, 0.6) is 0 Å². The van der Waals surface area contributed by atoms with E-state index in [0.717, 1.165) is 40.5 Å². The molecule has 1 aliphatic heterocycles. The van der Waals surface area contributed by atoms with Crippen LogP contribution >= 0.6 is 11.3 Å². The van der Waals surface area contributed by atoms with Crippen molar-refractivity contribution in [3.63, 3.8) is 0 Å². The zero-order valence-corrected chi connectivity index (χ0v) is 13.7. The first-order chi connectivity index (χ1) is 10.6. The van der Waals surface area contributed by atoms with Crippen molar-refractivity contribution in [2.45, 2.75) is 38.8 Å². The molecule has 1 aromatic carbocycles. The minimum Gasteiger partial charge on any atom is -0.348 e. The summed E-state index contributed by atoms with van der Waals surface area (Å²) in [4.78, 5) is 17.9. The van der Waals surface area contributed by atoms with Crippen LogP contribution in [-0.4, -0.2) is 29.5 Å². The summed E-state index contributed by atoms with van der Waals surface area (Å²) >= 11 is 1.47. The van der Waals surface area contributed by atoms with E-state index in [4.69, 9.17) is 0 Å². The minimum absolute atomic E-state index is 0.00329. The lowest BCUT2D eigenvalue weighted by Gasteiger charge is -2.28. The number of piperidine rings is 1. The van der Waals surface area contributed by atoms with Gasteiger partial charge >= 0.3 is 0 Å². The van der Waals surface area contributed by atoms with Gasteiger partial charge in [-0.05, 0) is 33.2 Å². The maximum absolute atomic E-state index is 12.7. The number of aromatic nitrogens is 1. The third kappa shape index (κ3) is 3.36. The predicted molar refractivity (Wildman–Crippen MR) is 90.2 cm³/mol. The number of nitrogens with one attached hydrogen (secondary N) is 2. The summed E-state index contributed by atoms with van der Waals surface area (Å²) in [6.45, 7) is 5.06. The highest BCUT2D eigenvalue weighted by atomic mass is 32.1. The van der Waals surface area contributed by atoms with Gasteiger partial charge in [-0.25, -0.2) is 4.98 Å². The Balaban J connectivity index is 1.81. The summed E-state index contributed by atoms with van der Waals surface area (Å²) in [5.74, 6) is 0.00329. The SMILES string of the molecule is Cc1nc(-c2ccccc2)c(C(=O)NC2CCNC(C)C2)s1. The van der Waals surface area contributed by atoms with Crippen LogP contribution in [0, 0.1) is 6.92 Å². The topological polar surface area (TPSA) is 54.0 Å². The van der Waals surface area contributed by atoms with Crippen LogP contribution in [0.2, 0.25) is 0 Å². The molecule has 0 saturated carbocycles. The van der Waals surface area contributed by atoms with Gasteiger partial charge in [0.1, 0.15) is 4.88 Å². The molecule has 5 heteroatoms. The lowest BCUT2D eigenvalue weighted by atomic mass is 10.0. The van der Waals surface area contributed by atoms with Crippen LogP contribution < -0.4 is 10.6 Å². The molecule has 1 aliphatic rings. The Morgan fingerprint density at radius 2 is 2.14 bits per heavy atom. The second-order valence-electron chi connectivity index (χ2n) is 5.83. The summed E-state index contributed by atoms with van der Waals surface area (Å²) < 4.78 is 0. The number of hydrogen-bond donors (Lipinski definition) is 2. The van der Waals surface area contributed by atoms with Gasteiger partial charge < -0.3 is 10.6 Å². The number of carbonyl (C=O) groups excluding carboxylic acids is 1. The van der Waals surface area contributed by atoms with Gasteiger partial charge in [0.15, 0.2) is 0 Å². The van der Waals surface area contributed by atoms with Crippen molar-refractivity contribution < 1.29 is 4.79 Å². The quantitative estimate of drug-likeness (QED) is 0.915. The van der Waals surface area contributed by atoms with E-state index in [1.807, 2.05) is 37.3 Å². The highest BCUT2D eigenvalue weighted by molar-refractivity contribution is 7.14. The number of nitrogens with zero attached hydrogens (tertiary/aromatic N) is 1. The summed E-state index contributed by atoms with van der Waals surface area (Å²) in [6.07, 6.45) is 1.96. The molecule has 116 valence electrons. The second-order valence-corrected chi connectivity index (χ2v) is 7.03. The van der Waals surface area contributed by atoms with Crippen molar-refractivity contribution in [3.8, 4) is 11.3 Å². The highest BCUT2D eigenvalue weighted by Crippen LogP contribution is 2.28. The molecule has 2 unspecified atom stereocenters. The van der Waals surface area contributed by atoms with Crippen LogP contribution in [0.25, 0.3) is 11.3 Å². The molecule has 2 atom stereocenters. The fraction of sp³-hybridized carbons (Fsp3) is 0.412. The molecule has 0 bridgehead atoms. The van der Waals surface area contributed by atoms with Gasteiger partial charge in [-0.15, -0.1) is 11.3 Å². The second kappa shape index (κ2) is 6.58. The molecule has 0 radical (unpaired) electrons. The summed E-state index contributed by atoms with van der Waals surface area (Å²) in [5.41, 5.74) is 1.79. The van der Waals surface area contributed by atoms with Gasteiger partial charge in [-0.1, -0.05) is 30.3 Å². The monoisotopic (exact) mass is 315 g/mol. The Morgan fingerprint density at radius 3 is 2.86 bits per heavy atom. The molecule has 1 saturated heterocycles. The largest absolute Gasteiger partial charge is 0.348 e. The molecular formula is C17H21N3OS. The van der Waals surface area contributed by atoms with Gasteiger partial charge in [0.2, 0.25) is 0 Å². The Hall–Kier alpha value is -1.72. The zero-order valence-electron chi connectivity index (χ0n) is 12.9. The number of thiazole rings is 1. The smallest absolute Gasteiger partial charge is 0.263 e. The molecule has 22 heavy (non-hydrogen) atoms. The van der Waals surface area contributed by atoms with Crippen molar-refractivity contribution in [1.82, 2.24) is 15.6 Å². The van der Waals surface area contributed by atoms with E-state index >= 15 is 0 Å². The molecule has 1 amide bonds. The van der Waals surface area contributed by atoms with Crippen LogP contribution in [-0.2, 0) is 0 Å². The van der Waals surface area contributed by atoms with Gasteiger partial charge in [-0.3, -0.25) is 4.79 Å². The van der Waals surface area contributed by atoms with Crippen molar-refractivity contribution >= 4 is 17.2 Å². The van der Waals surface area contributed by atoms with Crippen molar-refractivity contribution in [3.05, 3.63) is 40.2 Å². The molecule has 0 aliphatic carbocycles. The van der Waals surface area contributed by atoms with Crippen LogP contribution in [0.1, 0.15) is 34.4 Å². The maximum atomic E-state index is 12.7. The first-order valence-corrected chi connectivity index (χ1v) is 8.52. The number of amides is 1. The Morgan fingerprint density at radius 1 is 1.36 bits per heavy atom. The first-order valence-electron chi connectivity index (χ1n) is 7.70. The highest BCUT2D eigenvalue weighted by Gasteiger charge is 2.23. The van der Waals surface area contributed by atoms with Crippen molar-refractivity contribution in [1.29, 1.82) is 0 Å².